The van der Waals surface area contributed by atoms with Gasteiger partial charge in [-0.25, -0.2) is 4.98 Å². The van der Waals surface area contributed by atoms with Crippen LogP contribution in [0.5, 0.6) is 11.6 Å². The topological polar surface area (TPSA) is 34.6 Å². The molecule has 0 radical (unpaired) electrons. The fourth-order valence-electron chi connectivity index (χ4n) is 1.91. The number of pyridine rings is 1. The molecule has 122 valence electrons. The van der Waals surface area contributed by atoms with E-state index in [4.69, 9.17) is 9.47 Å². The second kappa shape index (κ2) is 11.4. The third-order valence-corrected chi connectivity index (χ3v) is 3.11. The van der Waals surface area contributed by atoms with Gasteiger partial charge in [-0.15, -0.1) is 0 Å². The van der Waals surface area contributed by atoms with Gasteiger partial charge in [0, 0.05) is 24.9 Å². The summed E-state index contributed by atoms with van der Waals surface area (Å²) in [6.45, 7) is 10.6. The fraction of sp³-hybridized carbons (Fsp3) is 0.706. The molecule has 4 nitrogen and oxygen atoms in total. The first-order valence-electron chi connectivity index (χ1n) is 8.11. The van der Waals surface area contributed by atoms with E-state index in [1.165, 1.54) is 0 Å². The van der Waals surface area contributed by atoms with Crippen molar-refractivity contribution >= 4 is 0 Å². The Bertz CT molecular complexity index is 346. The van der Waals surface area contributed by atoms with Gasteiger partial charge < -0.3 is 14.4 Å². The lowest BCUT2D eigenvalue weighted by Crippen LogP contribution is -2.46. The minimum Gasteiger partial charge on any atom is -0.492 e. The maximum absolute atomic E-state index is 5.77. The summed E-state index contributed by atoms with van der Waals surface area (Å²) in [4.78, 5) is 6.47. The van der Waals surface area contributed by atoms with E-state index in [1.807, 2.05) is 46.8 Å². The summed E-state index contributed by atoms with van der Waals surface area (Å²) >= 11 is 0. The lowest BCUT2D eigenvalue weighted by molar-refractivity contribution is 0.0369. The number of rotatable bonds is 5. The minimum atomic E-state index is 0.313. The molecule has 0 aromatic carbocycles. The molecule has 21 heavy (non-hydrogen) atoms. The highest BCUT2D eigenvalue weighted by Gasteiger charge is 2.32. The molecule has 0 bridgehead atoms. The second-order valence-corrected chi connectivity index (χ2v) is 4.59. The zero-order valence-corrected chi connectivity index (χ0v) is 14.7. The highest BCUT2D eigenvalue weighted by molar-refractivity contribution is 5.23. The molecule has 1 heterocycles. The third kappa shape index (κ3) is 6.80. The SMILES string of the molecule is CC.CC.CCOc1ccc(OC2CC(N(C)C)C2)nc1. The summed E-state index contributed by atoms with van der Waals surface area (Å²) in [5, 5.41) is 0. The maximum atomic E-state index is 5.77. The van der Waals surface area contributed by atoms with E-state index in [1.54, 1.807) is 6.20 Å². The van der Waals surface area contributed by atoms with Crippen molar-refractivity contribution in [3.05, 3.63) is 18.3 Å². The molecule has 1 aromatic rings. The smallest absolute Gasteiger partial charge is 0.213 e. The van der Waals surface area contributed by atoms with E-state index in [9.17, 15) is 0 Å². The first kappa shape index (κ1) is 19.7. The molecule has 1 aromatic heterocycles. The van der Waals surface area contributed by atoms with Crippen LogP contribution in [0, 0.1) is 0 Å². The molecule has 1 aliphatic rings. The predicted octanol–water partition coefficient (Wildman–Crippen LogP) is 4.00. The van der Waals surface area contributed by atoms with Crippen LogP contribution in [0.15, 0.2) is 18.3 Å². The van der Waals surface area contributed by atoms with Gasteiger partial charge in [0.15, 0.2) is 0 Å². The van der Waals surface area contributed by atoms with Crippen molar-refractivity contribution in [2.45, 2.75) is 59.6 Å². The average molecular weight is 296 g/mol. The van der Waals surface area contributed by atoms with Crippen molar-refractivity contribution < 1.29 is 9.47 Å². The number of hydrogen-bond acceptors (Lipinski definition) is 4. The zero-order chi connectivity index (χ0) is 16.3. The molecular weight excluding hydrogens is 264 g/mol. The molecule has 0 unspecified atom stereocenters. The van der Waals surface area contributed by atoms with E-state index >= 15 is 0 Å². The average Bonchev–Trinajstić information content (AvgIpc) is 2.48. The van der Waals surface area contributed by atoms with Gasteiger partial charge in [0.05, 0.1) is 12.8 Å². The van der Waals surface area contributed by atoms with Crippen molar-refractivity contribution in [2.75, 3.05) is 20.7 Å². The Labute approximate surface area is 130 Å². The molecule has 1 fully saturated rings. The Morgan fingerprint density at radius 2 is 1.76 bits per heavy atom. The van der Waals surface area contributed by atoms with Crippen molar-refractivity contribution in [1.29, 1.82) is 0 Å². The standard InChI is InChI=1S/C13H20N2O2.2C2H6/c1-4-16-11-5-6-13(14-9-11)17-12-7-10(8-12)15(2)3;2*1-2/h5-6,9-10,12H,4,7-8H2,1-3H3;2*1-2H3. The van der Waals surface area contributed by atoms with Gasteiger partial charge in [-0.1, -0.05) is 27.7 Å². The van der Waals surface area contributed by atoms with Gasteiger partial charge in [-0.3, -0.25) is 0 Å². The Balaban J connectivity index is 0.000000921. The van der Waals surface area contributed by atoms with Crippen LogP contribution in [-0.4, -0.2) is 42.7 Å². The van der Waals surface area contributed by atoms with Gasteiger partial charge in [-0.05, 0) is 27.1 Å². The highest BCUT2D eigenvalue weighted by Crippen LogP contribution is 2.28. The van der Waals surface area contributed by atoms with Gasteiger partial charge in [0.25, 0.3) is 0 Å². The van der Waals surface area contributed by atoms with Crippen LogP contribution >= 0.6 is 0 Å². The van der Waals surface area contributed by atoms with Crippen LogP contribution in [0.1, 0.15) is 47.5 Å². The Morgan fingerprint density at radius 1 is 1.14 bits per heavy atom. The number of ether oxygens (including phenoxy) is 2. The van der Waals surface area contributed by atoms with Crippen molar-refractivity contribution in [1.82, 2.24) is 9.88 Å². The molecule has 2 rings (SSSR count). The van der Waals surface area contributed by atoms with Crippen LogP contribution in [0.2, 0.25) is 0 Å². The van der Waals surface area contributed by atoms with Crippen LogP contribution in [0.3, 0.4) is 0 Å². The van der Waals surface area contributed by atoms with E-state index in [0.717, 1.165) is 18.6 Å². The maximum Gasteiger partial charge on any atom is 0.213 e. The van der Waals surface area contributed by atoms with Crippen molar-refractivity contribution in [3.8, 4) is 11.6 Å². The third-order valence-electron chi connectivity index (χ3n) is 3.11. The van der Waals surface area contributed by atoms with E-state index < -0.39 is 0 Å². The number of aromatic nitrogens is 1. The molecular formula is C17H32N2O2. The summed E-state index contributed by atoms with van der Waals surface area (Å²) in [7, 11) is 4.21. The second-order valence-electron chi connectivity index (χ2n) is 4.59. The molecule has 1 saturated carbocycles. The van der Waals surface area contributed by atoms with Crippen LogP contribution in [-0.2, 0) is 0 Å². The van der Waals surface area contributed by atoms with E-state index in [2.05, 4.69) is 24.0 Å². The van der Waals surface area contributed by atoms with Crippen LogP contribution < -0.4 is 9.47 Å². The summed E-state index contributed by atoms with van der Waals surface area (Å²) < 4.78 is 11.1. The molecule has 0 aliphatic heterocycles. The van der Waals surface area contributed by atoms with Gasteiger partial charge in [0.1, 0.15) is 11.9 Å². The number of nitrogens with zero attached hydrogens (tertiary/aromatic N) is 2. The summed E-state index contributed by atoms with van der Waals surface area (Å²) in [5.74, 6) is 1.48. The Hall–Kier alpha value is -1.29. The van der Waals surface area contributed by atoms with E-state index in [-0.39, 0.29) is 0 Å². The van der Waals surface area contributed by atoms with Crippen LogP contribution in [0.4, 0.5) is 0 Å². The monoisotopic (exact) mass is 296 g/mol. The van der Waals surface area contributed by atoms with Gasteiger partial charge in [0.2, 0.25) is 5.88 Å². The molecule has 0 amide bonds. The lowest BCUT2D eigenvalue weighted by Gasteiger charge is -2.39. The Kier molecular flexibility index (Phi) is 10.7. The fourth-order valence-corrected chi connectivity index (χ4v) is 1.91. The summed E-state index contributed by atoms with van der Waals surface area (Å²) in [6, 6.07) is 4.42. The summed E-state index contributed by atoms with van der Waals surface area (Å²) in [6.07, 6.45) is 4.19. The van der Waals surface area contributed by atoms with E-state index in [0.29, 0.717) is 24.6 Å². The first-order valence-corrected chi connectivity index (χ1v) is 8.11. The minimum absolute atomic E-state index is 0.313. The Morgan fingerprint density at radius 3 is 2.19 bits per heavy atom. The molecule has 0 spiro atoms. The molecule has 1 aliphatic carbocycles. The lowest BCUT2D eigenvalue weighted by atomic mass is 9.88. The van der Waals surface area contributed by atoms with Gasteiger partial charge in [-0.2, -0.15) is 0 Å². The van der Waals surface area contributed by atoms with Crippen molar-refractivity contribution in [2.24, 2.45) is 0 Å². The van der Waals surface area contributed by atoms with Gasteiger partial charge >= 0.3 is 0 Å². The summed E-state index contributed by atoms with van der Waals surface area (Å²) in [5.41, 5.74) is 0. The molecule has 0 N–H and O–H groups in total. The quantitative estimate of drug-likeness (QED) is 0.822. The molecule has 0 atom stereocenters. The zero-order valence-electron chi connectivity index (χ0n) is 14.7. The van der Waals surface area contributed by atoms with Crippen molar-refractivity contribution in [3.63, 3.8) is 0 Å². The largest absolute Gasteiger partial charge is 0.492 e. The number of hydrogen-bond donors (Lipinski definition) is 0. The highest BCUT2D eigenvalue weighted by atomic mass is 16.5. The predicted molar refractivity (Wildman–Crippen MR) is 89.2 cm³/mol. The van der Waals surface area contributed by atoms with Crippen LogP contribution in [0.25, 0.3) is 0 Å². The first-order chi connectivity index (χ1) is 10.2. The normalized spacial score (nSPS) is 19.4. The molecule has 0 saturated heterocycles. The molecule has 4 heteroatoms.